The average Bonchev–Trinajstić information content (AvgIpc) is 2.25. The second kappa shape index (κ2) is 2.86. The van der Waals surface area contributed by atoms with Gasteiger partial charge in [-0.3, -0.25) is 0 Å². The zero-order valence-electron chi connectivity index (χ0n) is 6.58. The second-order valence-corrected chi connectivity index (χ2v) is 5.17. The summed E-state index contributed by atoms with van der Waals surface area (Å²) in [5, 5.41) is 0. The quantitative estimate of drug-likeness (QED) is 0.545. The van der Waals surface area contributed by atoms with Gasteiger partial charge in [-0.05, 0) is 5.92 Å². The minimum atomic E-state index is -2.81. The van der Waals surface area contributed by atoms with Gasteiger partial charge in [-0.2, -0.15) is 0 Å². The molecule has 2 nitrogen and oxygen atoms in total. The van der Waals surface area contributed by atoms with Crippen molar-refractivity contribution in [1.29, 1.82) is 0 Å². The molecule has 0 aromatic heterocycles. The first kappa shape index (κ1) is 8.61. The fraction of sp³-hybridized carbons (Fsp3) is 0.750. The number of terminal acetylenes is 1. The highest BCUT2D eigenvalue weighted by molar-refractivity contribution is 7.91. The van der Waals surface area contributed by atoms with Gasteiger partial charge in [0.25, 0.3) is 0 Å². The molecule has 0 aromatic carbocycles. The van der Waals surface area contributed by atoms with Gasteiger partial charge in [0, 0.05) is 5.92 Å². The molecular formula is C8H12O2S. The zero-order chi connectivity index (χ0) is 8.48. The molecule has 62 valence electrons. The Kier molecular flexibility index (Phi) is 2.24. The van der Waals surface area contributed by atoms with Crippen molar-refractivity contribution in [2.75, 3.05) is 11.5 Å². The molecule has 1 heterocycles. The minimum absolute atomic E-state index is 0.0370. The van der Waals surface area contributed by atoms with Crippen LogP contribution in [0.5, 0.6) is 0 Å². The molecule has 0 aromatic rings. The van der Waals surface area contributed by atoms with E-state index in [0.29, 0.717) is 5.75 Å². The third-order valence-corrected chi connectivity index (χ3v) is 4.01. The molecule has 1 aliphatic rings. The van der Waals surface area contributed by atoms with Crippen LogP contribution in [0, 0.1) is 24.2 Å². The predicted molar refractivity (Wildman–Crippen MR) is 44.8 cm³/mol. The molecule has 0 N–H and O–H groups in total. The average molecular weight is 172 g/mol. The normalized spacial score (nSPS) is 34.9. The Morgan fingerprint density at radius 2 is 2.18 bits per heavy atom. The molecule has 0 bridgehead atoms. The van der Waals surface area contributed by atoms with E-state index in [-0.39, 0.29) is 17.6 Å². The lowest BCUT2D eigenvalue weighted by Crippen LogP contribution is -2.08. The standard InChI is InChI=1S/C8H12O2S/c1-3-7-5-11(9,10)6-8(7)4-2/h1,7-8H,4-6H2,2H3. The summed E-state index contributed by atoms with van der Waals surface area (Å²) < 4.78 is 22.1. The molecular weight excluding hydrogens is 160 g/mol. The van der Waals surface area contributed by atoms with Gasteiger partial charge in [-0.15, -0.1) is 12.3 Å². The van der Waals surface area contributed by atoms with Crippen LogP contribution in [0.2, 0.25) is 0 Å². The summed E-state index contributed by atoms with van der Waals surface area (Å²) in [4.78, 5) is 0. The maximum Gasteiger partial charge on any atom is 0.151 e. The highest BCUT2D eigenvalue weighted by Crippen LogP contribution is 2.26. The summed E-state index contributed by atoms with van der Waals surface area (Å²) in [6.45, 7) is 1.98. The molecule has 1 aliphatic heterocycles. The largest absolute Gasteiger partial charge is 0.229 e. The third kappa shape index (κ3) is 1.75. The topological polar surface area (TPSA) is 34.1 Å². The SMILES string of the molecule is C#CC1CS(=O)(=O)CC1CC. The fourth-order valence-electron chi connectivity index (χ4n) is 1.51. The van der Waals surface area contributed by atoms with Crippen LogP contribution < -0.4 is 0 Å². The Balaban J connectivity index is 2.80. The van der Waals surface area contributed by atoms with E-state index in [2.05, 4.69) is 5.92 Å². The number of rotatable bonds is 1. The lowest BCUT2D eigenvalue weighted by Gasteiger charge is -2.07. The highest BCUT2D eigenvalue weighted by Gasteiger charge is 2.34. The van der Waals surface area contributed by atoms with Crippen LogP contribution >= 0.6 is 0 Å². The van der Waals surface area contributed by atoms with Gasteiger partial charge in [0.05, 0.1) is 11.5 Å². The van der Waals surface area contributed by atoms with Crippen molar-refractivity contribution in [2.24, 2.45) is 11.8 Å². The molecule has 0 radical (unpaired) electrons. The van der Waals surface area contributed by atoms with Crippen LogP contribution in [-0.2, 0) is 9.84 Å². The molecule has 11 heavy (non-hydrogen) atoms. The summed E-state index contributed by atoms with van der Waals surface area (Å²) in [6.07, 6.45) is 6.08. The van der Waals surface area contributed by atoms with Crippen molar-refractivity contribution in [3.8, 4) is 12.3 Å². The molecule has 2 atom stereocenters. The third-order valence-electron chi connectivity index (χ3n) is 2.21. The summed E-state index contributed by atoms with van der Waals surface area (Å²) in [6, 6.07) is 0. The van der Waals surface area contributed by atoms with Crippen molar-refractivity contribution in [3.05, 3.63) is 0 Å². The van der Waals surface area contributed by atoms with E-state index in [1.807, 2.05) is 6.92 Å². The lowest BCUT2D eigenvalue weighted by atomic mass is 9.95. The van der Waals surface area contributed by atoms with Crippen molar-refractivity contribution < 1.29 is 8.42 Å². The highest BCUT2D eigenvalue weighted by atomic mass is 32.2. The summed E-state index contributed by atoms with van der Waals surface area (Å²) >= 11 is 0. The van der Waals surface area contributed by atoms with Gasteiger partial charge in [0.15, 0.2) is 9.84 Å². The molecule has 0 aliphatic carbocycles. The molecule has 0 spiro atoms. The summed E-state index contributed by atoms with van der Waals surface area (Å²) in [5.41, 5.74) is 0. The van der Waals surface area contributed by atoms with Gasteiger partial charge >= 0.3 is 0 Å². The molecule has 1 rings (SSSR count). The monoisotopic (exact) mass is 172 g/mol. The maximum atomic E-state index is 11.1. The summed E-state index contributed by atoms with van der Waals surface area (Å²) in [5.74, 6) is 3.19. The van der Waals surface area contributed by atoms with E-state index in [1.54, 1.807) is 0 Å². The summed E-state index contributed by atoms with van der Waals surface area (Å²) in [7, 11) is -2.81. The van der Waals surface area contributed by atoms with Gasteiger partial charge < -0.3 is 0 Å². The zero-order valence-corrected chi connectivity index (χ0v) is 7.39. The van der Waals surface area contributed by atoms with Gasteiger partial charge in [-0.25, -0.2) is 8.42 Å². The molecule has 1 fully saturated rings. The van der Waals surface area contributed by atoms with Crippen LogP contribution in [0.15, 0.2) is 0 Å². The molecule has 1 saturated heterocycles. The second-order valence-electron chi connectivity index (χ2n) is 3.02. The van der Waals surface area contributed by atoms with E-state index in [4.69, 9.17) is 6.42 Å². The first-order chi connectivity index (χ1) is 5.09. The van der Waals surface area contributed by atoms with Crippen molar-refractivity contribution in [2.45, 2.75) is 13.3 Å². The van der Waals surface area contributed by atoms with E-state index in [1.165, 1.54) is 0 Å². The Morgan fingerprint density at radius 1 is 1.55 bits per heavy atom. The molecule has 2 unspecified atom stereocenters. The Hall–Kier alpha value is -0.490. The van der Waals surface area contributed by atoms with Gasteiger partial charge in [0.1, 0.15) is 0 Å². The van der Waals surface area contributed by atoms with Crippen LogP contribution in [-0.4, -0.2) is 19.9 Å². The first-order valence-corrected chi connectivity index (χ1v) is 5.57. The van der Waals surface area contributed by atoms with E-state index >= 15 is 0 Å². The lowest BCUT2D eigenvalue weighted by molar-refractivity contribution is 0.493. The van der Waals surface area contributed by atoms with Gasteiger partial charge in [0.2, 0.25) is 0 Å². The number of hydrogen-bond donors (Lipinski definition) is 0. The fourth-order valence-corrected chi connectivity index (χ4v) is 3.68. The Labute approximate surface area is 67.9 Å². The van der Waals surface area contributed by atoms with Crippen LogP contribution in [0.3, 0.4) is 0 Å². The van der Waals surface area contributed by atoms with Crippen LogP contribution in [0.4, 0.5) is 0 Å². The molecule has 0 saturated carbocycles. The van der Waals surface area contributed by atoms with Crippen LogP contribution in [0.25, 0.3) is 0 Å². The smallest absolute Gasteiger partial charge is 0.151 e. The number of hydrogen-bond acceptors (Lipinski definition) is 2. The maximum absolute atomic E-state index is 11.1. The molecule has 3 heteroatoms. The Bertz CT molecular complexity index is 271. The van der Waals surface area contributed by atoms with E-state index in [9.17, 15) is 8.42 Å². The Morgan fingerprint density at radius 3 is 2.55 bits per heavy atom. The van der Waals surface area contributed by atoms with Gasteiger partial charge in [-0.1, -0.05) is 13.3 Å². The first-order valence-electron chi connectivity index (χ1n) is 3.75. The number of sulfone groups is 1. The van der Waals surface area contributed by atoms with Crippen molar-refractivity contribution in [1.82, 2.24) is 0 Å². The molecule has 0 amide bonds. The van der Waals surface area contributed by atoms with Crippen LogP contribution in [0.1, 0.15) is 13.3 Å². The minimum Gasteiger partial charge on any atom is -0.229 e. The predicted octanol–water partition coefficient (Wildman–Crippen LogP) is 0.690. The van der Waals surface area contributed by atoms with E-state index in [0.717, 1.165) is 6.42 Å². The van der Waals surface area contributed by atoms with Crippen molar-refractivity contribution in [3.63, 3.8) is 0 Å². The van der Waals surface area contributed by atoms with E-state index < -0.39 is 9.84 Å². The van der Waals surface area contributed by atoms with Crippen molar-refractivity contribution >= 4 is 9.84 Å².